The third kappa shape index (κ3) is 6.21. The first-order chi connectivity index (χ1) is 16.2. The Hall–Kier alpha value is -3.69. The molecule has 0 atom stereocenters. The van der Waals surface area contributed by atoms with E-state index in [0.717, 1.165) is 5.56 Å². The Morgan fingerprint density at radius 2 is 1.44 bits per heavy atom. The molecule has 0 spiro atoms. The Balaban J connectivity index is 1.59. The maximum absolute atomic E-state index is 12.6. The maximum atomic E-state index is 12.6. The van der Waals surface area contributed by atoms with Crippen LogP contribution in [-0.2, 0) is 16.4 Å². The molecular weight excluding hydrogens is 456 g/mol. The lowest BCUT2D eigenvalue weighted by molar-refractivity contribution is 0.101. The summed E-state index contributed by atoms with van der Waals surface area (Å²) in [6.45, 7) is 1.66. The van der Waals surface area contributed by atoms with Gasteiger partial charge in [-0.2, -0.15) is 0 Å². The summed E-state index contributed by atoms with van der Waals surface area (Å²) in [5, 5.41) is 2.72. The summed E-state index contributed by atoms with van der Waals surface area (Å²) in [6, 6.07) is 17.6. The third-order valence-corrected chi connectivity index (χ3v) is 6.61. The van der Waals surface area contributed by atoms with Crippen molar-refractivity contribution < 1.29 is 27.5 Å². The van der Waals surface area contributed by atoms with Crippen LogP contribution in [0.25, 0.3) is 0 Å². The molecule has 178 valence electrons. The number of ether oxygens (including phenoxy) is 2. The van der Waals surface area contributed by atoms with E-state index in [4.69, 9.17) is 9.47 Å². The quantitative estimate of drug-likeness (QED) is 0.427. The number of anilines is 1. The molecule has 0 unspecified atom stereocenters. The molecule has 0 saturated heterocycles. The van der Waals surface area contributed by atoms with Gasteiger partial charge in [-0.15, -0.1) is 0 Å². The fourth-order valence-corrected chi connectivity index (χ4v) is 4.26. The fraction of sp³-hybridized carbons (Fsp3) is 0.200. The van der Waals surface area contributed by atoms with Crippen LogP contribution in [0.5, 0.6) is 11.5 Å². The van der Waals surface area contributed by atoms with Crippen molar-refractivity contribution in [3.05, 3.63) is 83.4 Å². The van der Waals surface area contributed by atoms with Gasteiger partial charge in [0.05, 0.1) is 19.1 Å². The number of amides is 1. The number of carbonyl (C=O) groups excluding carboxylic acids is 2. The fourth-order valence-electron chi connectivity index (χ4n) is 3.23. The van der Waals surface area contributed by atoms with E-state index in [0.29, 0.717) is 34.7 Å². The monoisotopic (exact) mass is 482 g/mol. The molecule has 3 rings (SSSR count). The zero-order valence-corrected chi connectivity index (χ0v) is 19.9. The van der Waals surface area contributed by atoms with Gasteiger partial charge in [-0.3, -0.25) is 9.59 Å². The van der Waals surface area contributed by atoms with Crippen molar-refractivity contribution in [3.63, 3.8) is 0 Å². The number of carbonyl (C=O) groups is 2. The molecular formula is C25H26N2O6S. The number of hydrogen-bond donors (Lipinski definition) is 2. The first-order valence-electron chi connectivity index (χ1n) is 10.5. The highest BCUT2D eigenvalue weighted by Crippen LogP contribution is 2.27. The summed E-state index contributed by atoms with van der Waals surface area (Å²) in [7, 11) is -0.654. The van der Waals surface area contributed by atoms with Gasteiger partial charge >= 0.3 is 0 Å². The van der Waals surface area contributed by atoms with Crippen LogP contribution < -0.4 is 19.5 Å². The van der Waals surface area contributed by atoms with Crippen LogP contribution in [0, 0.1) is 0 Å². The largest absolute Gasteiger partial charge is 0.493 e. The van der Waals surface area contributed by atoms with Crippen LogP contribution >= 0.6 is 0 Å². The minimum absolute atomic E-state index is 0.0576. The minimum atomic E-state index is -3.74. The van der Waals surface area contributed by atoms with Crippen LogP contribution in [0.4, 0.5) is 5.69 Å². The SMILES string of the molecule is COc1ccc(CCNS(=O)(=O)c2ccc(C(=O)Nc3ccc(C(C)=O)cc3)cc2)cc1OC. The molecule has 0 saturated carbocycles. The Morgan fingerprint density at radius 3 is 2.03 bits per heavy atom. The molecule has 1 amide bonds. The number of nitrogens with one attached hydrogen (secondary N) is 2. The van der Waals surface area contributed by atoms with Gasteiger partial charge in [0.15, 0.2) is 17.3 Å². The van der Waals surface area contributed by atoms with Crippen molar-refractivity contribution >= 4 is 27.4 Å². The first-order valence-corrected chi connectivity index (χ1v) is 11.9. The molecule has 2 N–H and O–H groups in total. The van der Waals surface area contributed by atoms with E-state index in [1.54, 1.807) is 50.6 Å². The third-order valence-electron chi connectivity index (χ3n) is 5.13. The highest BCUT2D eigenvalue weighted by atomic mass is 32.2. The maximum Gasteiger partial charge on any atom is 0.255 e. The Kier molecular flexibility index (Phi) is 8.04. The summed E-state index contributed by atoms with van der Waals surface area (Å²) in [5.41, 5.74) is 2.28. The van der Waals surface area contributed by atoms with E-state index in [1.165, 1.54) is 31.2 Å². The summed E-state index contributed by atoms with van der Waals surface area (Å²) in [5.74, 6) is 0.725. The lowest BCUT2D eigenvalue weighted by atomic mass is 10.1. The number of sulfonamides is 1. The second kappa shape index (κ2) is 11.0. The number of Topliss-reactive ketones (excluding diaryl/α,β-unsaturated/α-hetero) is 1. The highest BCUT2D eigenvalue weighted by Gasteiger charge is 2.15. The van der Waals surface area contributed by atoms with Gasteiger partial charge in [-0.25, -0.2) is 13.1 Å². The van der Waals surface area contributed by atoms with Crippen LogP contribution in [0.15, 0.2) is 71.6 Å². The van der Waals surface area contributed by atoms with E-state index in [-0.39, 0.29) is 23.1 Å². The highest BCUT2D eigenvalue weighted by molar-refractivity contribution is 7.89. The van der Waals surface area contributed by atoms with Crippen molar-refractivity contribution in [1.82, 2.24) is 4.72 Å². The average Bonchev–Trinajstić information content (AvgIpc) is 2.84. The van der Waals surface area contributed by atoms with Gasteiger partial charge in [-0.1, -0.05) is 6.07 Å². The van der Waals surface area contributed by atoms with E-state index >= 15 is 0 Å². The number of methoxy groups -OCH3 is 2. The predicted molar refractivity (Wildman–Crippen MR) is 129 cm³/mol. The van der Waals surface area contributed by atoms with Gasteiger partial charge in [-0.05, 0) is 79.6 Å². The van der Waals surface area contributed by atoms with Gasteiger partial charge in [0.25, 0.3) is 5.91 Å². The van der Waals surface area contributed by atoms with Gasteiger partial charge in [0.1, 0.15) is 0 Å². The Morgan fingerprint density at radius 1 is 0.824 bits per heavy atom. The second-order valence-corrected chi connectivity index (χ2v) is 9.22. The number of rotatable bonds is 10. The van der Waals surface area contributed by atoms with Gasteiger partial charge in [0, 0.05) is 23.4 Å². The number of ketones is 1. The normalized spacial score (nSPS) is 11.0. The van der Waals surface area contributed by atoms with Crippen molar-refractivity contribution in [3.8, 4) is 11.5 Å². The van der Waals surface area contributed by atoms with Gasteiger partial charge in [0.2, 0.25) is 10.0 Å². The van der Waals surface area contributed by atoms with E-state index in [1.807, 2.05) is 6.07 Å². The molecule has 0 bridgehead atoms. The summed E-state index contributed by atoms with van der Waals surface area (Å²) in [6.07, 6.45) is 0.461. The molecule has 8 nitrogen and oxygen atoms in total. The summed E-state index contributed by atoms with van der Waals surface area (Å²) < 4.78 is 38.3. The number of hydrogen-bond acceptors (Lipinski definition) is 6. The smallest absolute Gasteiger partial charge is 0.255 e. The zero-order chi connectivity index (χ0) is 24.7. The van der Waals surface area contributed by atoms with Gasteiger partial charge < -0.3 is 14.8 Å². The van der Waals surface area contributed by atoms with Crippen molar-refractivity contribution in [2.24, 2.45) is 0 Å². The average molecular weight is 483 g/mol. The molecule has 0 aromatic heterocycles. The van der Waals surface area contributed by atoms with E-state index in [9.17, 15) is 18.0 Å². The number of benzene rings is 3. The molecule has 0 aliphatic rings. The molecule has 3 aromatic carbocycles. The van der Waals surface area contributed by atoms with Crippen LogP contribution in [-0.4, -0.2) is 40.9 Å². The molecule has 9 heteroatoms. The topological polar surface area (TPSA) is 111 Å². The molecule has 0 aliphatic heterocycles. The predicted octanol–water partition coefficient (Wildman–Crippen LogP) is 3.68. The van der Waals surface area contributed by atoms with Crippen molar-refractivity contribution in [2.45, 2.75) is 18.2 Å². The Labute approximate surface area is 199 Å². The standard InChI is InChI=1S/C25H26N2O6S/c1-17(28)19-5-9-21(10-6-19)27-25(29)20-7-11-22(12-8-20)34(30,31)26-15-14-18-4-13-23(32-2)24(16-18)33-3/h4-13,16,26H,14-15H2,1-3H3,(H,27,29). The minimum Gasteiger partial charge on any atom is -0.493 e. The van der Waals surface area contributed by atoms with E-state index < -0.39 is 10.0 Å². The molecule has 0 fully saturated rings. The molecule has 3 aromatic rings. The van der Waals surface area contributed by atoms with Crippen LogP contribution in [0.1, 0.15) is 33.2 Å². The van der Waals surface area contributed by atoms with Crippen LogP contribution in [0.3, 0.4) is 0 Å². The second-order valence-electron chi connectivity index (χ2n) is 7.45. The zero-order valence-electron chi connectivity index (χ0n) is 19.1. The summed E-state index contributed by atoms with van der Waals surface area (Å²) >= 11 is 0. The molecule has 0 aliphatic carbocycles. The molecule has 34 heavy (non-hydrogen) atoms. The van der Waals surface area contributed by atoms with Crippen molar-refractivity contribution in [2.75, 3.05) is 26.1 Å². The van der Waals surface area contributed by atoms with E-state index in [2.05, 4.69) is 10.0 Å². The van der Waals surface area contributed by atoms with Crippen molar-refractivity contribution in [1.29, 1.82) is 0 Å². The summed E-state index contributed by atoms with van der Waals surface area (Å²) in [4.78, 5) is 23.9. The van der Waals surface area contributed by atoms with Crippen LogP contribution in [0.2, 0.25) is 0 Å². The molecule has 0 heterocycles. The lowest BCUT2D eigenvalue weighted by Crippen LogP contribution is -2.26. The Bertz CT molecular complexity index is 1270. The lowest BCUT2D eigenvalue weighted by Gasteiger charge is -2.11. The first kappa shape index (κ1) is 24.9. The molecule has 0 radical (unpaired) electrons.